The Morgan fingerprint density at radius 2 is 2.17 bits per heavy atom. The zero-order valence-electron chi connectivity index (χ0n) is 14.1. The van der Waals surface area contributed by atoms with E-state index in [9.17, 15) is 10.1 Å². The van der Waals surface area contributed by atoms with Gasteiger partial charge in [-0.05, 0) is 38.0 Å². The molecule has 126 valence electrons. The number of nitrogens with one attached hydrogen (secondary N) is 1. The van der Waals surface area contributed by atoms with Crippen LogP contribution in [0.1, 0.15) is 43.7 Å². The normalized spacial score (nSPS) is 20.2. The summed E-state index contributed by atoms with van der Waals surface area (Å²) in [7, 11) is 1.59. The first-order valence-electron chi connectivity index (χ1n) is 8.41. The summed E-state index contributed by atoms with van der Waals surface area (Å²) < 4.78 is 11.2. The van der Waals surface area contributed by atoms with Crippen molar-refractivity contribution in [3.63, 3.8) is 0 Å². The van der Waals surface area contributed by atoms with Gasteiger partial charge in [-0.25, -0.2) is 0 Å². The molecule has 1 amide bonds. The molecule has 0 aromatic heterocycles. The van der Waals surface area contributed by atoms with Gasteiger partial charge in [0, 0.05) is 23.6 Å². The molecule has 5 heteroatoms. The summed E-state index contributed by atoms with van der Waals surface area (Å²) in [5.41, 5.74) is 1.86. The molecule has 1 heterocycles. The third-order valence-corrected chi connectivity index (χ3v) is 4.60. The molecule has 1 fully saturated rings. The molecule has 1 aliphatic heterocycles. The van der Waals surface area contributed by atoms with Gasteiger partial charge in [-0.15, -0.1) is 0 Å². The van der Waals surface area contributed by atoms with Gasteiger partial charge in [0.2, 0.25) is 0 Å². The first kappa shape index (κ1) is 16.4. The lowest BCUT2D eigenvalue weighted by atomic mass is 10.0. The lowest BCUT2D eigenvalue weighted by molar-refractivity contribution is -0.117. The van der Waals surface area contributed by atoms with Crippen molar-refractivity contribution in [2.75, 3.05) is 7.11 Å². The van der Waals surface area contributed by atoms with E-state index in [4.69, 9.17) is 9.47 Å². The van der Waals surface area contributed by atoms with Crippen LogP contribution in [0.3, 0.4) is 0 Å². The van der Waals surface area contributed by atoms with Gasteiger partial charge in [0.05, 0.1) is 7.11 Å². The van der Waals surface area contributed by atoms with Crippen molar-refractivity contribution in [3.05, 3.63) is 28.8 Å². The molecule has 1 atom stereocenters. The summed E-state index contributed by atoms with van der Waals surface area (Å²) in [6.07, 6.45) is 6.77. The van der Waals surface area contributed by atoms with Crippen molar-refractivity contribution in [1.82, 2.24) is 5.32 Å². The van der Waals surface area contributed by atoms with Crippen molar-refractivity contribution in [1.29, 1.82) is 5.26 Å². The van der Waals surface area contributed by atoms with E-state index in [1.165, 1.54) is 0 Å². The molecule has 1 N–H and O–H groups in total. The predicted octanol–water partition coefficient (Wildman–Crippen LogP) is 2.98. The maximum Gasteiger partial charge on any atom is 0.262 e. The van der Waals surface area contributed by atoms with Crippen molar-refractivity contribution in [2.24, 2.45) is 0 Å². The zero-order chi connectivity index (χ0) is 17.1. The molecular formula is C19H22N2O3. The highest BCUT2D eigenvalue weighted by molar-refractivity contribution is 6.02. The molecule has 5 nitrogen and oxygen atoms in total. The van der Waals surface area contributed by atoms with E-state index in [1.54, 1.807) is 13.2 Å². The Morgan fingerprint density at radius 1 is 1.42 bits per heavy atom. The van der Waals surface area contributed by atoms with Crippen LogP contribution in [0.5, 0.6) is 11.5 Å². The fourth-order valence-corrected chi connectivity index (χ4v) is 3.38. The Morgan fingerprint density at radius 3 is 2.83 bits per heavy atom. The topological polar surface area (TPSA) is 71.3 Å². The van der Waals surface area contributed by atoms with Crippen LogP contribution in [0.2, 0.25) is 0 Å². The van der Waals surface area contributed by atoms with Gasteiger partial charge < -0.3 is 14.8 Å². The first-order valence-corrected chi connectivity index (χ1v) is 8.41. The highest BCUT2D eigenvalue weighted by atomic mass is 16.5. The van der Waals surface area contributed by atoms with Crippen LogP contribution < -0.4 is 14.8 Å². The average Bonchev–Trinajstić information content (AvgIpc) is 3.19. The van der Waals surface area contributed by atoms with Gasteiger partial charge in [-0.1, -0.05) is 12.8 Å². The molecule has 0 radical (unpaired) electrons. The van der Waals surface area contributed by atoms with E-state index in [1.807, 2.05) is 25.1 Å². The Bertz CT molecular complexity index is 712. The first-order chi connectivity index (χ1) is 11.6. The third-order valence-electron chi connectivity index (χ3n) is 4.60. The summed E-state index contributed by atoms with van der Waals surface area (Å²) in [5, 5.41) is 12.3. The monoisotopic (exact) mass is 326 g/mol. The molecule has 3 rings (SSSR count). The van der Waals surface area contributed by atoms with Gasteiger partial charge >= 0.3 is 0 Å². The maximum atomic E-state index is 12.3. The summed E-state index contributed by atoms with van der Waals surface area (Å²) in [4.78, 5) is 12.3. The summed E-state index contributed by atoms with van der Waals surface area (Å²) >= 11 is 0. The van der Waals surface area contributed by atoms with Crippen molar-refractivity contribution < 1.29 is 14.3 Å². The van der Waals surface area contributed by atoms with Gasteiger partial charge in [0.15, 0.2) is 0 Å². The van der Waals surface area contributed by atoms with Crippen LogP contribution >= 0.6 is 0 Å². The average molecular weight is 326 g/mol. The fraction of sp³-hybridized carbons (Fsp3) is 0.474. The van der Waals surface area contributed by atoms with E-state index in [-0.39, 0.29) is 23.6 Å². The highest BCUT2D eigenvalue weighted by Gasteiger charge is 2.23. The molecule has 1 unspecified atom stereocenters. The molecular weight excluding hydrogens is 304 g/mol. The molecule has 1 aliphatic carbocycles. The third kappa shape index (κ3) is 3.38. The van der Waals surface area contributed by atoms with E-state index in [0.717, 1.165) is 43.4 Å². The molecule has 0 bridgehead atoms. The van der Waals surface area contributed by atoms with Crippen LogP contribution in [0.25, 0.3) is 6.08 Å². The number of methoxy groups -OCH3 is 1. The van der Waals surface area contributed by atoms with Crippen LogP contribution in [0.15, 0.2) is 17.7 Å². The van der Waals surface area contributed by atoms with Gasteiger partial charge in [-0.2, -0.15) is 5.26 Å². The second-order valence-electron chi connectivity index (χ2n) is 6.46. The highest BCUT2D eigenvalue weighted by Crippen LogP contribution is 2.36. The Hall–Kier alpha value is -2.48. The number of benzene rings is 1. The smallest absolute Gasteiger partial charge is 0.262 e. The summed E-state index contributed by atoms with van der Waals surface area (Å²) in [6.45, 7) is 2.01. The standard InChI is InChI=1S/C19H22N2O3/c1-12-7-13-9-17(23-2)14(10-18(13)24-12)8-15(11-20)19(22)21-16-5-3-4-6-16/h8-10,12,16H,3-7H2,1-2H3,(H,21,22)/b15-8-. The van der Waals surface area contributed by atoms with Crippen LogP contribution in [-0.2, 0) is 11.2 Å². The lowest BCUT2D eigenvalue weighted by Crippen LogP contribution is -2.33. The minimum absolute atomic E-state index is 0.0891. The molecule has 0 saturated heterocycles. The second-order valence-corrected chi connectivity index (χ2v) is 6.46. The summed E-state index contributed by atoms with van der Waals surface area (Å²) in [6, 6.07) is 5.96. The van der Waals surface area contributed by atoms with Crippen LogP contribution in [0.4, 0.5) is 0 Å². The number of carbonyl (C=O) groups excluding carboxylic acids is 1. The van der Waals surface area contributed by atoms with Crippen molar-refractivity contribution in [2.45, 2.75) is 51.2 Å². The molecule has 1 aromatic rings. The number of nitriles is 1. The number of carbonyl (C=O) groups is 1. The minimum Gasteiger partial charge on any atom is -0.496 e. The zero-order valence-corrected chi connectivity index (χ0v) is 14.1. The molecule has 1 saturated carbocycles. The largest absolute Gasteiger partial charge is 0.496 e. The molecule has 2 aliphatic rings. The van der Waals surface area contributed by atoms with Crippen LogP contribution in [0, 0.1) is 11.3 Å². The second kappa shape index (κ2) is 6.96. The molecule has 24 heavy (non-hydrogen) atoms. The number of amides is 1. The van der Waals surface area contributed by atoms with Crippen LogP contribution in [-0.4, -0.2) is 25.2 Å². The lowest BCUT2D eigenvalue weighted by Gasteiger charge is -2.12. The summed E-state index contributed by atoms with van der Waals surface area (Å²) in [5.74, 6) is 1.12. The van der Waals surface area contributed by atoms with Gasteiger partial charge in [-0.3, -0.25) is 4.79 Å². The number of ether oxygens (including phenoxy) is 2. The number of rotatable bonds is 4. The molecule has 0 spiro atoms. The minimum atomic E-state index is -0.318. The SMILES string of the molecule is COc1cc2c(cc1/C=C(/C#N)C(=O)NC1CCCC1)OC(C)C2. The maximum absolute atomic E-state index is 12.3. The van der Waals surface area contributed by atoms with Crippen molar-refractivity contribution in [3.8, 4) is 17.6 Å². The quantitative estimate of drug-likeness (QED) is 0.682. The van der Waals surface area contributed by atoms with E-state index < -0.39 is 0 Å². The number of fused-ring (bicyclic) bond motifs is 1. The fourth-order valence-electron chi connectivity index (χ4n) is 3.38. The Balaban J connectivity index is 1.86. The molecule has 1 aromatic carbocycles. The van der Waals surface area contributed by atoms with Gasteiger partial charge in [0.25, 0.3) is 5.91 Å². The number of nitrogens with zero attached hydrogens (tertiary/aromatic N) is 1. The number of hydrogen-bond acceptors (Lipinski definition) is 4. The van der Waals surface area contributed by atoms with E-state index in [2.05, 4.69) is 5.32 Å². The van der Waals surface area contributed by atoms with E-state index >= 15 is 0 Å². The van der Waals surface area contributed by atoms with Gasteiger partial charge in [0.1, 0.15) is 29.2 Å². The number of hydrogen-bond donors (Lipinski definition) is 1. The van der Waals surface area contributed by atoms with E-state index in [0.29, 0.717) is 11.3 Å². The Kier molecular flexibility index (Phi) is 4.75. The van der Waals surface area contributed by atoms with Crippen molar-refractivity contribution >= 4 is 12.0 Å². The predicted molar refractivity (Wildman–Crippen MR) is 90.8 cm³/mol. The Labute approximate surface area is 142 Å².